The maximum Gasteiger partial charge on any atom is 0.0435 e. The summed E-state index contributed by atoms with van der Waals surface area (Å²) >= 11 is 7.49. The smallest absolute Gasteiger partial charge is 0.0435 e. The third-order valence-electron chi connectivity index (χ3n) is 4.62. The molecular formula is C18H21ClN2S. The predicted molar refractivity (Wildman–Crippen MR) is 95.6 cm³/mol. The second-order valence-corrected chi connectivity index (χ2v) is 7.00. The first-order valence-corrected chi connectivity index (χ1v) is 8.83. The average Bonchev–Trinajstić information content (AvgIpc) is 2.55. The van der Waals surface area contributed by atoms with Crippen molar-refractivity contribution in [2.75, 3.05) is 7.05 Å². The molecule has 3 N–H and O–H groups in total. The second kappa shape index (κ2) is 6.63. The fourth-order valence-electron chi connectivity index (χ4n) is 3.42. The Bertz CT molecular complexity index is 687. The minimum atomic E-state index is 0.409. The highest BCUT2D eigenvalue weighted by Crippen LogP contribution is 2.42. The van der Waals surface area contributed by atoms with E-state index >= 15 is 0 Å². The average molecular weight is 333 g/mol. The Labute approximate surface area is 141 Å². The quantitative estimate of drug-likeness (QED) is 0.793. The molecular weight excluding hydrogens is 312 g/mol. The van der Waals surface area contributed by atoms with E-state index in [1.807, 2.05) is 13.1 Å². The van der Waals surface area contributed by atoms with Crippen molar-refractivity contribution in [1.29, 1.82) is 0 Å². The molecule has 0 bridgehead atoms. The number of aryl methyl sites for hydroxylation is 1. The van der Waals surface area contributed by atoms with Crippen LogP contribution in [0.2, 0.25) is 5.02 Å². The van der Waals surface area contributed by atoms with Gasteiger partial charge in [-0.1, -0.05) is 29.8 Å². The molecule has 0 aromatic heterocycles. The van der Waals surface area contributed by atoms with E-state index in [0.717, 1.165) is 28.3 Å². The number of nitrogens with one attached hydrogen (secondary N) is 1. The molecule has 0 unspecified atom stereocenters. The second-order valence-electron chi connectivity index (χ2n) is 5.89. The van der Waals surface area contributed by atoms with E-state index in [1.54, 1.807) is 0 Å². The molecule has 0 heterocycles. The van der Waals surface area contributed by atoms with Crippen LogP contribution in [-0.4, -0.2) is 7.05 Å². The maximum absolute atomic E-state index is 6.18. The van der Waals surface area contributed by atoms with E-state index in [1.165, 1.54) is 28.6 Å². The first-order chi connectivity index (χ1) is 10.6. The Hall–Kier alpha value is -1.00. The molecule has 0 amide bonds. The van der Waals surface area contributed by atoms with E-state index in [9.17, 15) is 0 Å². The van der Waals surface area contributed by atoms with Crippen molar-refractivity contribution in [1.82, 2.24) is 5.32 Å². The maximum atomic E-state index is 6.18. The van der Waals surface area contributed by atoms with Gasteiger partial charge >= 0.3 is 0 Å². The van der Waals surface area contributed by atoms with Crippen molar-refractivity contribution in [3.8, 4) is 0 Å². The van der Waals surface area contributed by atoms with Crippen molar-refractivity contribution in [3.63, 3.8) is 0 Å². The third kappa shape index (κ3) is 2.91. The predicted octanol–water partition coefficient (Wildman–Crippen LogP) is 4.80. The molecule has 2 nitrogen and oxygen atoms in total. The summed E-state index contributed by atoms with van der Waals surface area (Å²) in [5, 5.41) is 10.0. The summed E-state index contributed by atoms with van der Waals surface area (Å²) in [7, 11) is 2.03. The van der Waals surface area contributed by atoms with Crippen LogP contribution in [-0.2, 0) is 0 Å². The topological polar surface area (TPSA) is 38.0 Å². The molecule has 2 aromatic carbocycles. The summed E-state index contributed by atoms with van der Waals surface area (Å²) < 4.78 is 0. The number of rotatable bonds is 3. The molecule has 4 heteroatoms. The summed E-state index contributed by atoms with van der Waals surface area (Å²) in [6, 6.07) is 13.4. The van der Waals surface area contributed by atoms with Crippen LogP contribution in [0, 0.1) is 6.92 Å². The molecule has 0 saturated heterocycles. The number of benzene rings is 2. The highest BCUT2D eigenvalue weighted by atomic mass is 35.5. The van der Waals surface area contributed by atoms with Crippen LogP contribution in [0.1, 0.15) is 47.1 Å². The van der Waals surface area contributed by atoms with Crippen LogP contribution in [0.3, 0.4) is 0 Å². The van der Waals surface area contributed by atoms with Gasteiger partial charge in [0.1, 0.15) is 0 Å². The summed E-state index contributed by atoms with van der Waals surface area (Å²) in [5.41, 5.74) is 5.28. The van der Waals surface area contributed by atoms with Crippen molar-refractivity contribution < 1.29 is 0 Å². The van der Waals surface area contributed by atoms with Gasteiger partial charge in [0, 0.05) is 21.9 Å². The largest absolute Gasteiger partial charge is 0.313 e. The van der Waals surface area contributed by atoms with Crippen LogP contribution in [0.25, 0.3) is 0 Å². The zero-order chi connectivity index (χ0) is 15.7. The van der Waals surface area contributed by atoms with Gasteiger partial charge in [0.05, 0.1) is 0 Å². The summed E-state index contributed by atoms with van der Waals surface area (Å²) in [6.45, 7) is 2.07. The van der Waals surface area contributed by atoms with E-state index < -0.39 is 0 Å². The number of nitrogens with two attached hydrogens (primary N) is 1. The summed E-state index contributed by atoms with van der Waals surface area (Å²) in [6.07, 6.45) is 2.28. The van der Waals surface area contributed by atoms with Gasteiger partial charge in [-0.3, -0.25) is 5.14 Å². The fourth-order valence-corrected chi connectivity index (χ4v) is 3.88. The Morgan fingerprint density at radius 3 is 2.64 bits per heavy atom. The van der Waals surface area contributed by atoms with E-state index in [4.69, 9.17) is 16.7 Å². The highest BCUT2D eigenvalue weighted by molar-refractivity contribution is 7.97. The Morgan fingerprint density at radius 1 is 1.14 bits per heavy atom. The van der Waals surface area contributed by atoms with Gasteiger partial charge in [-0.25, -0.2) is 0 Å². The van der Waals surface area contributed by atoms with E-state index in [-0.39, 0.29) is 0 Å². The molecule has 22 heavy (non-hydrogen) atoms. The lowest BCUT2D eigenvalue weighted by molar-refractivity contribution is 0.470. The molecule has 116 valence electrons. The van der Waals surface area contributed by atoms with Gasteiger partial charge in [0.25, 0.3) is 0 Å². The molecule has 0 aliphatic heterocycles. The Morgan fingerprint density at radius 2 is 1.95 bits per heavy atom. The van der Waals surface area contributed by atoms with E-state index in [2.05, 4.69) is 42.6 Å². The standard InChI is InChI=1S/C18H21ClN2S/c1-11-9-12(3-7-17(11)19)14-6-8-18(21-2)16-10-13(22-20)4-5-15(14)16/h3-5,7,9-10,14,18,21H,6,8,20H2,1-2H3/t14-,18-/m0/s1. The lowest BCUT2D eigenvalue weighted by Gasteiger charge is -2.32. The summed E-state index contributed by atoms with van der Waals surface area (Å²) in [5.74, 6) is 0.437. The Kier molecular flexibility index (Phi) is 4.79. The number of hydrogen-bond donors (Lipinski definition) is 2. The molecule has 2 aromatic rings. The van der Waals surface area contributed by atoms with Gasteiger partial charge < -0.3 is 5.32 Å². The van der Waals surface area contributed by atoms with Gasteiger partial charge in [-0.15, -0.1) is 0 Å². The molecule has 0 fully saturated rings. The van der Waals surface area contributed by atoms with Crippen molar-refractivity contribution in [2.24, 2.45) is 5.14 Å². The van der Waals surface area contributed by atoms with Crippen molar-refractivity contribution in [3.05, 3.63) is 63.7 Å². The third-order valence-corrected chi connectivity index (χ3v) is 5.57. The zero-order valence-corrected chi connectivity index (χ0v) is 14.5. The van der Waals surface area contributed by atoms with Gasteiger partial charge in [-0.2, -0.15) is 0 Å². The van der Waals surface area contributed by atoms with Crippen molar-refractivity contribution in [2.45, 2.75) is 36.6 Å². The van der Waals surface area contributed by atoms with Crippen LogP contribution >= 0.6 is 23.5 Å². The number of hydrogen-bond acceptors (Lipinski definition) is 3. The molecule has 0 spiro atoms. The van der Waals surface area contributed by atoms with Gasteiger partial charge in [0.2, 0.25) is 0 Å². The van der Waals surface area contributed by atoms with Crippen LogP contribution in [0.4, 0.5) is 0 Å². The number of halogens is 1. The minimum absolute atomic E-state index is 0.409. The molecule has 3 rings (SSSR count). The van der Waals surface area contributed by atoms with Gasteiger partial charge in [0.15, 0.2) is 0 Å². The van der Waals surface area contributed by atoms with Crippen LogP contribution in [0.15, 0.2) is 41.3 Å². The fraction of sp³-hybridized carbons (Fsp3) is 0.333. The first kappa shape index (κ1) is 15.9. The van der Waals surface area contributed by atoms with E-state index in [0.29, 0.717) is 12.0 Å². The van der Waals surface area contributed by atoms with Crippen LogP contribution in [0.5, 0.6) is 0 Å². The SMILES string of the molecule is CN[C@H]1CC[C@@H](c2ccc(Cl)c(C)c2)c2ccc(SN)cc21. The monoisotopic (exact) mass is 332 g/mol. The molecule has 1 aliphatic carbocycles. The molecule has 0 radical (unpaired) electrons. The van der Waals surface area contributed by atoms with Gasteiger partial charge in [-0.05, 0) is 79.2 Å². The Balaban J connectivity index is 2.06. The molecule has 0 saturated carbocycles. The summed E-state index contributed by atoms with van der Waals surface area (Å²) in [4.78, 5) is 1.12. The first-order valence-electron chi connectivity index (χ1n) is 7.58. The lowest BCUT2D eigenvalue weighted by Crippen LogP contribution is -2.24. The van der Waals surface area contributed by atoms with Crippen LogP contribution < -0.4 is 10.5 Å². The minimum Gasteiger partial charge on any atom is -0.313 e. The van der Waals surface area contributed by atoms with Crippen molar-refractivity contribution >= 4 is 23.5 Å². The zero-order valence-electron chi connectivity index (χ0n) is 12.9. The normalized spacial score (nSPS) is 20.7. The number of fused-ring (bicyclic) bond motifs is 1. The lowest BCUT2D eigenvalue weighted by atomic mass is 9.76. The molecule has 1 aliphatic rings. The molecule has 2 atom stereocenters. The highest BCUT2D eigenvalue weighted by Gasteiger charge is 2.27.